The van der Waals surface area contributed by atoms with Gasteiger partial charge in [0.15, 0.2) is 0 Å². The molecule has 100 valence electrons. The van der Waals surface area contributed by atoms with E-state index in [2.05, 4.69) is 22.9 Å². The number of nitrogens with zero attached hydrogens (tertiary/aromatic N) is 1. The number of aliphatic hydroxyl groups is 1. The fourth-order valence-corrected chi connectivity index (χ4v) is 1.99. The van der Waals surface area contributed by atoms with Crippen molar-refractivity contribution >= 4 is 21.8 Å². The summed E-state index contributed by atoms with van der Waals surface area (Å²) in [7, 11) is 0. The highest BCUT2D eigenvalue weighted by Gasteiger charge is 2.15. The highest BCUT2D eigenvalue weighted by molar-refractivity contribution is 9.10. The molecule has 1 N–H and O–H groups in total. The molecular weight excluding hydrogens is 294 g/mol. The lowest BCUT2D eigenvalue weighted by molar-refractivity contribution is 0.0719. The summed E-state index contributed by atoms with van der Waals surface area (Å²) in [4.78, 5) is 14.0. The van der Waals surface area contributed by atoms with Crippen molar-refractivity contribution in [3.8, 4) is 0 Å². The highest BCUT2D eigenvalue weighted by Crippen LogP contribution is 2.18. The average Bonchev–Trinajstić information content (AvgIpc) is 2.37. The van der Waals surface area contributed by atoms with Crippen LogP contribution in [0.2, 0.25) is 0 Å². The molecule has 1 rings (SSSR count). The number of aryl methyl sites for hydroxylation is 1. The highest BCUT2D eigenvalue weighted by atomic mass is 79.9. The van der Waals surface area contributed by atoms with Gasteiger partial charge in [-0.2, -0.15) is 0 Å². The average molecular weight is 314 g/mol. The van der Waals surface area contributed by atoms with E-state index < -0.39 is 0 Å². The number of carbonyl (C=O) groups is 1. The first-order valence-electron chi connectivity index (χ1n) is 6.26. The minimum absolute atomic E-state index is 0.00493. The molecule has 0 aromatic heterocycles. The lowest BCUT2D eigenvalue weighted by Crippen LogP contribution is -2.34. The molecule has 0 aliphatic rings. The summed E-state index contributed by atoms with van der Waals surface area (Å²) in [5, 5.41) is 9.03. The van der Waals surface area contributed by atoms with E-state index in [1.54, 1.807) is 4.90 Å². The molecule has 0 bridgehead atoms. The van der Waals surface area contributed by atoms with Gasteiger partial charge in [0.05, 0.1) is 6.61 Å². The predicted octanol–water partition coefficient (Wildman–Crippen LogP) is 2.99. The van der Waals surface area contributed by atoms with Crippen molar-refractivity contribution in [3.63, 3.8) is 0 Å². The van der Waals surface area contributed by atoms with Gasteiger partial charge in [0.2, 0.25) is 0 Å². The van der Waals surface area contributed by atoms with Crippen LogP contribution in [0.1, 0.15) is 35.7 Å². The topological polar surface area (TPSA) is 40.5 Å². The summed E-state index contributed by atoms with van der Waals surface area (Å²) in [6.45, 7) is 5.15. The maximum absolute atomic E-state index is 12.3. The van der Waals surface area contributed by atoms with Gasteiger partial charge in [-0.15, -0.1) is 0 Å². The molecule has 0 saturated heterocycles. The molecule has 0 saturated carbocycles. The van der Waals surface area contributed by atoms with Crippen LogP contribution in [0.5, 0.6) is 0 Å². The molecule has 0 fully saturated rings. The van der Waals surface area contributed by atoms with Gasteiger partial charge in [0, 0.05) is 23.1 Å². The first-order valence-corrected chi connectivity index (χ1v) is 7.05. The first kappa shape index (κ1) is 15.2. The molecule has 0 radical (unpaired) electrons. The Labute approximate surface area is 117 Å². The Morgan fingerprint density at radius 3 is 2.67 bits per heavy atom. The summed E-state index contributed by atoms with van der Waals surface area (Å²) in [6, 6.07) is 5.58. The zero-order valence-electron chi connectivity index (χ0n) is 10.9. The van der Waals surface area contributed by atoms with Gasteiger partial charge in [0.25, 0.3) is 5.91 Å². The van der Waals surface area contributed by atoms with Crippen molar-refractivity contribution in [2.75, 3.05) is 19.7 Å². The molecule has 18 heavy (non-hydrogen) atoms. The standard InChI is InChI=1S/C14H20BrNO2/c1-3-4-7-16(8-9-17)14(18)12-5-6-13(15)11(2)10-12/h5-6,10,17H,3-4,7-9H2,1-2H3. The van der Waals surface area contributed by atoms with Crippen LogP contribution in [0.3, 0.4) is 0 Å². The number of amides is 1. The molecule has 0 unspecified atom stereocenters. The van der Waals surface area contributed by atoms with Crippen LogP contribution in [0.15, 0.2) is 22.7 Å². The number of carbonyl (C=O) groups excluding carboxylic acids is 1. The van der Waals surface area contributed by atoms with Gasteiger partial charge >= 0.3 is 0 Å². The molecule has 0 heterocycles. The van der Waals surface area contributed by atoms with Crippen LogP contribution in [0.4, 0.5) is 0 Å². The minimum atomic E-state index is -0.00639. The molecule has 0 aliphatic heterocycles. The van der Waals surface area contributed by atoms with Gasteiger partial charge in [-0.05, 0) is 37.1 Å². The largest absolute Gasteiger partial charge is 0.395 e. The number of aliphatic hydroxyl groups excluding tert-OH is 1. The van der Waals surface area contributed by atoms with Crippen LogP contribution in [-0.2, 0) is 0 Å². The van der Waals surface area contributed by atoms with Crippen molar-refractivity contribution in [1.82, 2.24) is 4.90 Å². The van der Waals surface area contributed by atoms with E-state index >= 15 is 0 Å². The van der Waals surface area contributed by atoms with E-state index in [1.807, 2.05) is 25.1 Å². The molecule has 0 aliphatic carbocycles. The first-order chi connectivity index (χ1) is 8.60. The third-order valence-corrected chi connectivity index (χ3v) is 3.73. The Morgan fingerprint density at radius 2 is 2.11 bits per heavy atom. The Hall–Kier alpha value is -0.870. The molecule has 0 spiro atoms. The fraction of sp³-hybridized carbons (Fsp3) is 0.500. The van der Waals surface area contributed by atoms with Crippen molar-refractivity contribution in [2.24, 2.45) is 0 Å². The summed E-state index contributed by atoms with van der Waals surface area (Å²) < 4.78 is 1.00. The van der Waals surface area contributed by atoms with Gasteiger partial charge in [-0.1, -0.05) is 29.3 Å². The Morgan fingerprint density at radius 1 is 1.39 bits per heavy atom. The van der Waals surface area contributed by atoms with Gasteiger partial charge in [-0.25, -0.2) is 0 Å². The van der Waals surface area contributed by atoms with Crippen LogP contribution in [-0.4, -0.2) is 35.6 Å². The SMILES string of the molecule is CCCCN(CCO)C(=O)c1ccc(Br)c(C)c1. The van der Waals surface area contributed by atoms with Crippen LogP contribution >= 0.6 is 15.9 Å². The maximum atomic E-state index is 12.3. The number of hydrogen-bond donors (Lipinski definition) is 1. The fourth-order valence-electron chi connectivity index (χ4n) is 1.74. The molecule has 0 atom stereocenters. The predicted molar refractivity (Wildman–Crippen MR) is 76.8 cm³/mol. The second-order valence-corrected chi connectivity index (χ2v) is 5.19. The lowest BCUT2D eigenvalue weighted by Gasteiger charge is -2.21. The van der Waals surface area contributed by atoms with Crippen molar-refractivity contribution < 1.29 is 9.90 Å². The monoisotopic (exact) mass is 313 g/mol. The van der Waals surface area contributed by atoms with Crippen molar-refractivity contribution in [1.29, 1.82) is 0 Å². The van der Waals surface area contributed by atoms with Gasteiger partial charge in [-0.3, -0.25) is 4.79 Å². The van der Waals surface area contributed by atoms with E-state index in [0.717, 1.165) is 22.9 Å². The van der Waals surface area contributed by atoms with E-state index in [4.69, 9.17) is 5.11 Å². The molecule has 1 aromatic carbocycles. The molecule has 4 heteroatoms. The maximum Gasteiger partial charge on any atom is 0.253 e. The molecule has 3 nitrogen and oxygen atoms in total. The van der Waals surface area contributed by atoms with E-state index in [0.29, 0.717) is 18.7 Å². The Balaban J connectivity index is 2.83. The van der Waals surface area contributed by atoms with Crippen LogP contribution in [0.25, 0.3) is 0 Å². The zero-order chi connectivity index (χ0) is 13.5. The molecule has 1 aromatic rings. The second-order valence-electron chi connectivity index (χ2n) is 4.33. The lowest BCUT2D eigenvalue weighted by atomic mass is 10.1. The smallest absolute Gasteiger partial charge is 0.253 e. The normalized spacial score (nSPS) is 10.4. The Kier molecular flexibility index (Phi) is 6.36. The van der Waals surface area contributed by atoms with Crippen LogP contribution in [0, 0.1) is 6.92 Å². The number of benzene rings is 1. The van der Waals surface area contributed by atoms with E-state index in [9.17, 15) is 4.79 Å². The minimum Gasteiger partial charge on any atom is -0.395 e. The summed E-state index contributed by atoms with van der Waals surface area (Å²) in [5.41, 5.74) is 1.72. The quantitative estimate of drug-likeness (QED) is 0.877. The Bertz CT molecular complexity index is 407. The van der Waals surface area contributed by atoms with Crippen molar-refractivity contribution in [3.05, 3.63) is 33.8 Å². The third kappa shape index (κ3) is 4.10. The van der Waals surface area contributed by atoms with E-state index in [-0.39, 0.29) is 12.5 Å². The van der Waals surface area contributed by atoms with E-state index in [1.165, 1.54) is 0 Å². The zero-order valence-corrected chi connectivity index (χ0v) is 12.5. The summed E-state index contributed by atoms with van der Waals surface area (Å²) >= 11 is 3.42. The van der Waals surface area contributed by atoms with Gasteiger partial charge < -0.3 is 10.0 Å². The summed E-state index contributed by atoms with van der Waals surface area (Å²) in [5.74, 6) is -0.00639. The second kappa shape index (κ2) is 7.54. The molecule has 1 amide bonds. The number of hydrogen-bond acceptors (Lipinski definition) is 2. The van der Waals surface area contributed by atoms with Crippen LogP contribution < -0.4 is 0 Å². The third-order valence-electron chi connectivity index (χ3n) is 2.84. The number of unbranched alkanes of at least 4 members (excludes halogenated alkanes) is 1. The number of rotatable bonds is 6. The van der Waals surface area contributed by atoms with Crippen molar-refractivity contribution in [2.45, 2.75) is 26.7 Å². The number of halogens is 1. The molecular formula is C14H20BrNO2. The van der Waals surface area contributed by atoms with Gasteiger partial charge in [0.1, 0.15) is 0 Å². The summed E-state index contributed by atoms with van der Waals surface area (Å²) in [6.07, 6.45) is 2.00.